The van der Waals surface area contributed by atoms with Crippen molar-refractivity contribution in [3.63, 3.8) is 0 Å². The first-order valence-electron chi connectivity index (χ1n) is 8.06. The number of nitrogen functional groups attached to an aromatic ring is 1. The molecule has 0 aromatic heterocycles. The Morgan fingerprint density at radius 1 is 0.958 bits per heavy atom. The zero-order valence-corrected chi connectivity index (χ0v) is 15.1. The van der Waals surface area contributed by atoms with Crippen LogP contribution in [0.4, 0.5) is 5.69 Å². The summed E-state index contributed by atoms with van der Waals surface area (Å²) in [6.07, 6.45) is 0. The molecule has 5 heteroatoms. The number of nitrogens with zero attached hydrogens (tertiary/aromatic N) is 1. The summed E-state index contributed by atoms with van der Waals surface area (Å²) in [5.74, 6) is -0.0859. The van der Waals surface area contributed by atoms with Gasteiger partial charge < -0.3 is 11.1 Å². The van der Waals surface area contributed by atoms with Crippen LogP contribution in [0.15, 0.2) is 48.5 Å². The van der Waals surface area contributed by atoms with E-state index in [0.29, 0.717) is 17.8 Å². The van der Waals surface area contributed by atoms with Gasteiger partial charge in [-0.25, -0.2) is 0 Å². The molecule has 0 aliphatic heterocycles. The van der Waals surface area contributed by atoms with Crippen molar-refractivity contribution in [3.8, 4) is 0 Å². The second-order valence-electron chi connectivity index (χ2n) is 5.58. The summed E-state index contributed by atoms with van der Waals surface area (Å²) in [6.45, 7) is 7.93. The molecule has 1 amide bonds. The van der Waals surface area contributed by atoms with Gasteiger partial charge in [0.1, 0.15) is 0 Å². The standard InChI is InChI=1S/C19H25N3O.ClH/c1-3-22(4-2)14-16-7-5-15(6-8-16)13-21-19(23)17-9-11-18(20)12-10-17;/h5-12H,3-4,13-14,20H2,1-2H3,(H,21,23);1H. The third-order valence-electron chi connectivity index (χ3n) is 3.95. The molecule has 0 radical (unpaired) electrons. The average Bonchev–Trinajstić information content (AvgIpc) is 2.59. The number of benzene rings is 2. The maximum atomic E-state index is 12.1. The van der Waals surface area contributed by atoms with Crippen molar-refractivity contribution >= 4 is 24.0 Å². The van der Waals surface area contributed by atoms with Gasteiger partial charge in [0.2, 0.25) is 0 Å². The van der Waals surface area contributed by atoms with E-state index in [-0.39, 0.29) is 18.3 Å². The minimum atomic E-state index is -0.0859. The Kier molecular flexibility index (Phi) is 8.30. The Morgan fingerprint density at radius 2 is 1.50 bits per heavy atom. The number of carbonyl (C=O) groups is 1. The molecule has 0 spiro atoms. The number of carbonyl (C=O) groups excluding carboxylic acids is 1. The Morgan fingerprint density at radius 3 is 2.04 bits per heavy atom. The van der Waals surface area contributed by atoms with Gasteiger partial charge in [-0.3, -0.25) is 9.69 Å². The van der Waals surface area contributed by atoms with Gasteiger partial charge in [0.05, 0.1) is 0 Å². The minimum absolute atomic E-state index is 0. The summed E-state index contributed by atoms with van der Waals surface area (Å²) in [4.78, 5) is 14.4. The van der Waals surface area contributed by atoms with Gasteiger partial charge in [0.15, 0.2) is 0 Å². The number of hydrogen-bond donors (Lipinski definition) is 2. The van der Waals surface area contributed by atoms with E-state index in [1.165, 1.54) is 5.56 Å². The predicted octanol–water partition coefficient (Wildman–Crippen LogP) is 3.46. The molecule has 4 nitrogen and oxygen atoms in total. The van der Waals surface area contributed by atoms with Crippen molar-refractivity contribution in [3.05, 3.63) is 65.2 Å². The number of hydrogen-bond acceptors (Lipinski definition) is 3. The molecule has 0 atom stereocenters. The van der Waals surface area contributed by atoms with Crippen LogP contribution < -0.4 is 11.1 Å². The highest BCUT2D eigenvalue weighted by Crippen LogP contribution is 2.09. The first-order chi connectivity index (χ1) is 11.1. The molecule has 2 aromatic carbocycles. The molecule has 0 saturated carbocycles. The molecule has 0 fully saturated rings. The maximum Gasteiger partial charge on any atom is 0.251 e. The van der Waals surface area contributed by atoms with E-state index in [0.717, 1.165) is 25.2 Å². The maximum absolute atomic E-state index is 12.1. The van der Waals surface area contributed by atoms with Gasteiger partial charge >= 0.3 is 0 Å². The number of halogens is 1. The Balaban J connectivity index is 0.00000288. The van der Waals surface area contributed by atoms with Crippen LogP contribution in [0, 0.1) is 0 Å². The quantitative estimate of drug-likeness (QED) is 0.754. The Bertz CT molecular complexity index is 622. The summed E-state index contributed by atoms with van der Waals surface area (Å²) in [5, 5.41) is 2.93. The first-order valence-corrected chi connectivity index (χ1v) is 8.06. The average molecular weight is 348 g/mol. The van der Waals surface area contributed by atoms with E-state index in [1.807, 2.05) is 0 Å². The molecule has 2 aromatic rings. The summed E-state index contributed by atoms with van der Waals surface area (Å²) in [5.41, 5.74) is 9.29. The molecule has 0 aliphatic rings. The van der Waals surface area contributed by atoms with Gasteiger partial charge in [-0.15, -0.1) is 12.4 Å². The summed E-state index contributed by atoms with van der Waals surface area (Å²) in [6, 6.07) is 15.3. The number of nitrogens with one attached hydrogen (secondary N) is 1. The smallest absolute Gasteiger partial charge is 0.251 e. The zero-order chi connectivity index (χ0) is 16.7. The monoisotopic (exact) mass is 347 g/mol. The van der Waals surface area contributed by atoms with Crippen LogP contribution in [-0.2, 0) is 13.1 Å². The van der Waals surface area contributed by atoms with E-state index in [1.54, 1.807) is 24.3 Å². The van der Waals surface area contributed by atoms with Gasteiger partial charge in [0, 0.05) is 24.3 Å². The summed E-state index contributed by atoms with van der Waals surface area (Å²) >= 11 is 0. The van der Waals surface area contributed by atoms with Gasteiger partial charge in [-0.05, 0) is 48.5 Å². The predicted molar refractivity (Wildman–Crippen MR) is 102 cm³/mol. The molecule has 0 aliphatic carbocycles. The zero-order valence-electron chi connectivity index (χ0n) is 14.3. The number of anilines is 1. The van der Waals surface area contributed by atoms with E-state index in [4.69, 9.17) is 5.73 Å². The SMILES string of the molecule is CCN(CC)Cc1ccc(CNC(=O)c2ccc(N)cc2)cc1.Cl. The van der Waals surface area contributed by atoms with Crippen molar-refractivity contribution in [1.82, 2.24) is 10.2 Å². The van der Waals surface area contributed by atoms with Crippen LogP contribution in [0.3, 0.4) is 0 Å². The topological polar surface area (TPSA) is 58.4 Å². The third kappa shape index (κ3) is 5.87. The highest BCUT2D eigenvalue weighted by Gasteiger charge is 2.05. The fourth-order valence-corrected chi connectivity index (χ4v) is 2.39. The molecule has 130 valence electrons. The molecule has 0 unspecified atom stereocenters. The Hall–Kier alpha value is -2.04. The minimum Gasteiger partial charge on any atom is -0.399 e. The van der Waals surface area contributed by atoms with Crippen molar-refractivity contribution < 1.29 is 4.79 Å². The highest BCUT2D eigenvalue weighted by atomic mass is 35.5. The van der Waals surface area contributed by atoms with Crippen molar-refractivity contribution in [2.45, 2.75) is 26.9 Å². The second-order valence-corrected chi connectivity index (χ2v) is 5.58. The summed E-state index contributed by atoms with van der Waals surface area (Å²) < 4.78 is 0. The molecule has 0 heterocycles. The van der Waals surface area contributed by atoms with Crippen LogP contribution in [0.25, 0.3) is 0 Å². The van der Waals surface area contributed by atoms with E-state index in [9.17, 15) is 4.79 Å². The lowest BCUT2D eigenvalue weighted by Gasteiger charge is -2.18. The van der Waals surface area contributed by atoms with Crippen LogP contribution in [0.5, 0.6) is 0 Å². The number of rotatable bonds is 7. The molecule has 2 rings (SSSR count). The largest absolute Gasteiger partial charge is 0.399 e. The fourth-order valence-electron chi connectivity index (χ4n) is 2.39. The van der Waals surface area contributed by atoms with Gasteiger partial charge in [-0.1, -0.05) is 38.1 Å². The van der Waals surface area contributed by atoms with Gasteiger partial charge in [-0.2, -0.15) is 0 Å². The van der Waals surface area contributed by atoms with Crippen molar-refractivity contribution in [2.75, 3.05) is 18.8 Å². The van der Waals surface area contributed by atoms with Crippen LogP contribution in [0.2, 0.25) is 0 Å². The van der Waals surface area contributed by atoms with E-state index >= 15 is 0 Å². The molecule has 24 heavy (non-hydrogen) atoms. The lowest BCUT2D eigenvalue weighted by atomic mass is 10.1. The van der Waals surface area contributed by atoms with Gasteiger partial charge in [0.25, 0.3) is 5.91 Å². The molecule has 0 bridgehead atoms. The van der Waals surface area contributed by atoms with Crippen LogP contribution in [-0.4, -0.2) is 23.9 Å². The molecule has 0 saturated heterocycles. The van der Waals surface area contributed by atoms with E-state index < -0.39 is 0 Å². The Labute approximate surface area is 150 Å². The number of nitrogens with two attached hydrogens (primary N) is 1. The lowest BCUT2D eigenvalue weighted by Crippen LogP contribution is -2.23. The molecule has 3 N–H and O–H groups in total. The van der Waals surface area contributed by atoms with Crippen molar-refractivity contribution in [2.24, 2.45) is 0 Å². The summed E-state index contributed by atoms with van der Waals surface area (Å²) in [7, 11) is 0. The molecular formula is C19H26ClN3O. The lowest BCUT2D eigenvalue weighted by molar-refractivity contribution is 0.0951. The normalized spacial score (nSPS) is 10.3. The van der Waals surface area contributed by atoms with E-state index in [2.05, 4.69) is 48.3 Å². The number of amides is 1. The third-order valence-corrected chi connectivity index (χ3v) is 3.95. The highest BCUT2D eigenvalue weighted by molar-refractivity contribution is 5.94. The molecular weight excluding hydrogens is 322 g/mol. The van der Waals surface area contributed by atoms with Crippen molar-refractivity contribution in [1.29, 1.82) is 0 Å². The second kappa shape index (κ2) is 9.96. The van der Waals surface area contributed by atoms with Crippen LogP contribution >= 0.6 is 12.4 Å². The fraction of sp³-hybridized carbons (Fsp3) is 0.316. The first kappa shape index (κ1) is 20.0. The van der Waals surface area contributed by atoms with Crippen LogP contribution in [0.1, 0.15) is 35.3 Å².